The maximum absolute atomic E-state index is 13.6. The summed E-state index contributed by atoms with van der Waals surface area (Å²) in [4.78, 5) is 28.8. The van der Waals surface area contributed by atoms with Crippen LogP contribution in [0.1, 0.15) is 106 Å². The Hall–Kier alpha value is -2.35. The standard InChI is InChI=1S/C29H43N5O2S/c1-20(2)26(30-28(36)22-13-11-12-21(3)18-22)27-31-32-29(33(27)4)37-19-25(35)34(23-14-7-5-8-15-23)24-16-9-6-10-17-24/h11-13,18,20,23-24,26H,5-10,14-17,19H2,1-4H3,(H,30,36)/t26-/m1/s1. The van der Waals surface area contributed by atoms with E-state index in [9.17, 15) is 9.59 Å². The van der Waals surface area contributed by atoms with Crippen LogP contribution in [0.5, 0.6) is 0 Å². The molecular weight excluding hydrogens is 482 g/mol. The Labute approximate surface area is 226 Å². The van der Waals surface area contributed by atoms with E-state index in [4.69, 9.17) is 0 Å². The molecule has 0 aliphatic heterocycles. The predicted molar refractivity (Wildman–Crippen MR) is 149 cm³/mol. The van der Waals surface area contributed by atoms with Gasteiger partial charge in [0.05, 0.1) is 11.8 Å². The van der Waals surface area contributed by atoms with Gasteiger partial charge in [0.1, 0.15) is 0 Å². The lowest BCUT2D eigenvalue weighted by atomic mass is 9.88. The first-order valence-corrected chi connectivity index (χ1v) is 15.0. The van der Waals surface area contributed by atoms with Crippen molar-refractivity contribution in [3.63, 3.8) is 0 Å². The molecule has 37 heavy (non-hydrogen) atoms. The van der Waals surface area contributed by atoms with Crippen molar-refractivity contribution in [2.45, 2.75) is 108 Å². The fraction of sp³-hybridized carbons (Fsp3) is 0.655. The van der Waals surface area contributed by atoms with E-state index in [2.05, 4.69) is 34.3 Å². The number of carbonyl (C=O) groups is 2. The lowest BCUT2D eigenvalue weighted by molar-refractivity contribution is -0.135. The molecule has 2 saturated carbocycles. The number of hydrogen-bond donors (Lipinski definition) is 1. The van der Waals surface area contributed by atoms with E-state index in [1.165, 1.54) is 50.3 Å². The summed E-state index contributed by atoms with van der Waals surface area (Å²) in [6.45, 7) is 6.12. The van der Waals surface area contributed by atoms with Crippen LogP contribution in [0.25, 0.3) is 0 Å². The number of hydrogen-bond acceptors (Lipinski definition) is 5. The van der Waals surface area contributed by atoms with Gasteiger partial charge in [-0.15, -0.1) is 10.2 Å². The highest BCUT2D eigenvalue weighted by Crippen LogP contribution is 2.32. The molecule has 2 aliphatic rings. The minimum absolute atomic E-state index is 0.120. The molecule has 1 aromatic carbocycles. The number of aryl methyl sites for hydroxylation is 1. The van der Waals surface area contributed by atoms with Crippen molar-refractivity contribution in [1.82, 2.24) is 25.0 Å². The molecule has 202 valence electrons. The van der Waals surface area contributed by atoms with Crippen molar-refractivity contribution in [1.29, 1.82) is 0 Å². The second-order valence-electron chi connectivity index (χ2n) is 11.1. The minimum atomic E-state index is -0.281. The molecule has 1 N–H and O–H groups in total. The summed E-state index contributed by atoms with van der Waals surface area (Å²) >= 11 is 1.46. The molecule has 7 nitrogen and oxygen atoms in total. The number of amides is 2. The van der Waals surface area contributed by atoms with Crippen molar-refractivity contribution in [3.05, 3.63) is 41.2 Å². The number of rotatable bonds is 9. The van der Waals surface area contributed by atoms with Crippen LogP contribution in [0.4, 0.5) is 0 Å². The van der Waals surface area contributed by atoms with Crippen LogP contribution >= 0.6 is 11.8 Å². The molecule has 2 aliphatic carbocycles. The zero-order valence-corrected chi connectivity index (χ0v) is 23.7. The number of thioether (sulfide) groups is 1. The third kappa shape index (κ3) is 6.95. The molecule has 4 rings (SSSR count). The van der Waals surface area contributed by atoms with Crippen molar-refractivity contribution in [2.75, 3.05) is 5.75 Å². The quantitative estimate of drug-likeness (QED) is 0.416. The van der Waals surface area contributed by atoms with E-state index in [1.807, 2.05) is 42.8 Å². The monoisotopic (exact) mass is 525 g/mol. The number of nitrogens with one attached hydrogen (secondary N) is 1. The van der Waals surface area contributed by atoms with E-state index in [1.54, 1.807) is 0 Å². The fourth-order valence-electron chi connectivity index (χ4n) is 5.89. The zero-order valence-electron chi connectivity index (χ0n) is 22.9. The van der Waals surface area contributed by atoms with E-state index in [0.29, 0.717) is 34.4 Å². The van der Waals surface area contributed by atoms with Gasteiger partial charge in [-0.05, 0) is 50.7 Å². The second-order valence-corrected chi connectivity index (χ2v) is 12.1. The SMILES string of the molecule is Cc1cccc(C(=O)N[C@@H](c2nnc(SCC(=O)N(C3CCCCC3)C3CCCCC3)n2C)C(C)C)c1. The second kappa shape index (κ2) is 12.9. The zero-order chi connectivity index (χ0) is 26.4. The Morgan fingerprint density at radius 2 is 1.65 bits per heavy atom. The lowest BCUT2D eigenvalue weighted by Crippen LogP contribution is -2.49. The average Bonchev–Trinajstić information content (AvgIpc) is 3.26. The first kappa shape index (κ1) is 27.7. The molecule has 0 unspecified atom stereocenters. The summed E-state index contributed by atoms with van der Waals surface area (Å²) in [5.74, 6) is 1.33. The first-order valence-electron chi connectivity index (χ1n) is 14.1. The van der Waals surface area contributed by atoms with E-state index >= 15 is 0 Å². The molecular formula is C29H43N5O2S. The smallest absolute Gasteiger partial charge is 0.251 e. The summed E-state index contributed by atoms with van der Waals surface area (Å²) in [7, 11) is 1.93. The molecule has 0 bridgehead atoms. The number of benzene rings is 1. The maximum atomic E-state index is 13.6. The first-order chi connectivity index (χ1) is 17.8. The molecule has 0 saturated heterocycles. The van der Waals surface area contributed by atoms with Gasteiger partial charge in [-0.3, -0.25) is 9.59 Å². The van der Waals surface area contributed by atoms with E-state index in [-0.39, 0.29) is 23.8 Å². The summed E-state index contributed by atoms with van der Waals surface area (Å²) in [6.07, 6.45) is 12.0. The Balaban J connectivity index is 1.44. The minimum Gasteiger partial charge on any atom is -0.342 e. The van der Waals surface area contributed by atoms with Crippen LogP contribution < -0.4 is 5.32 Å². The van der Waals surface area contributed by atoms with E-state index in [0.717, 1.165) is 31.2 Å². The van der Waals surface area contributed by atoms with Gasteiger partial charge >= 0.3 is 0 Å². The molecule has 2 aromatic rings. The molecule has 2 amide bonds. The van der Waals surface area contributed by atoms with Gasteiger partial charge in [0, 0.05) is 24.7 Å². The number of nitrogens with zero attached hydrogens (tertiary/aromatic N) is 4. The van der Waals surface area contributed by atoms with Gasteiger partial charge in [0.25, 0.3) is 5.91 Å². The topological polar surface area (TPSA) is 80.1 Å². The van der Waals surface area contributed by atoms with Crippen molar-refractivity contribution in [3.8, 4) is 0 Å². The highest BCUT2D eigenvalue weighted by atomic mass is 32.2. The Morgan fingerprint density at radius 3 is 2.22 bits per heavy atom. The summed E-state index contributed by atoms with van der Waals surface area (Å²) in [5.41, 5.74) is 1.68. The molecule has 8 heteroatoms. The number of aromatic nitrogens is 3. The fourth-order valence-corrected chi connectivity index (χ4v) is 6.67. The van der Waals surface area contributed by atoms with Gasteiger partial charge in [0.2, 0.25) is 5.91 Å². The molecule has 0 radical (unpaired) electrons. The summed E-state index contributed by atoms with van der Waals surface area (Å²) in [6, 6.07) is 8.09. The van der Waals surface area contributed by atoms with Crippen LogP contribution in [0, 0.1) is 12.8 Å². The Kier molecular flexibility index (Phi) is 9.68. The highest BCUT2D eigenvalue weighted by molar-refractivity contribution is 7.99. The van der Waals surface area contributed by atoms with Crippen LogP contribution in [0.15, 0.2) is 29.4 Å². The van der Waals surface area contributed by atoms with Crippen LogP contribution in [-0.4, -0.2) is 49.3 Å². The van der Waals surface area contributed by atoms with Crippen LogP contribution in [-0.2, 0) is 11.8 Å². The van der Waals surface area contributed by atoms with Gasteiger partial charge in [-0.1, -0.05) is 81.8 Å². The highest BCUT2D eigenvalue weighted by Gasteiger charge is 2.33. The summed E-state index contributed by atoms with van der Waals surface area (Å²) in [5, 5.41) is 12.7. The van der Waals surface area contributed by atoms with E-state index < -0.39 is 0 Å². The molecule has 2 fully saturated rings. The van der Waals surface area contributed by atoms with Crippen LogP contribution in [0.3, 0.4) is 0 Å². The molecule has 1 aromatic heterocycles. The predicted octanol–water partition coefficient (Wildman–Crippen LogP) is 5.84. The van der Waals surface area contributed by atoms with Gasteiger partial charge < -0.3 is 14.8 Å². The molecule has 1 heterocycles. The van der Waals surface area contributed by atoms with Gasteiger partial charge in [0.15, 0.2) is 11.0 Å². The normalized spacial score (nSPS) is 18.1. The third-order valence-corrected chi connectivity index (χ3v) is 8.93. The van der Waals surface area contributed by atoms with Gasteiger partial charge in [-0.2, -0.15) is 0 Å². The third-order valence-electron chi connectivity index (χ3n) is 7.93. The molecule has 0 spiro atoms. The Morgan fingerprint density at radius 1 is 1.03 bits per heavy atom. The maximum Gasteiger partial charge on any atom is 0.251 e. The number of carbonyl (C=O) groups excluding carboxylic acids is 2. The van der Waals surface area contributed by atoms with Gasteiger partial charge in [-0.25, -0.2) is 0 Å². The largest absolute Gasteiger partial charge is 0.342 e. The molecule has 1 atom stereocenters. The van der Waals surface area contributed by atoms with Crippen LogP contribution in [0.2, 0.25) is 0 Å². The van der Waals surface area contributed by atoms with Crippen molar-refractivity contribution >= 4 is 23.6 Å². The Bertz CT molecular complexity index is 1040. The van der Waals surface area contributed by atoms with Crippen molar-refractivity contribution < 1.29 is 9.59 Å². The summed E-state index contributed by atoms with van der Waals surface area (Å²) < 4.78 is 1.94. The lowest BCUT2D eigenvalue weighted by Gasteiger charge is -2.41. The average molecular weight is 526 g/mol. The van der Waals surface area contributed by atoms with Crippen molar-refractivity contribution in [2.24, 2.45) is 13.0 Å².